The Kier molecular flexibility index (Phi) is 8.72. The lowest BCUT2D eigenvalue weighted by Gasteiger charge is -2.12. The van der Waals surface area contributed by atoms with Crippen molar-refractivity contribution >= 4 is 35.6 Å². The number of methoxy groups -OCH3 is 2. The summed E-state index contributed by atoms with van der Waals surface area (Å²) in [5, 5.41) is 3.04. The second-order valence-corrected chi connectivity index (χ2v) is 6.38. The Bertz CT molecular complexity index is 1050. The molecule has 1 aromatic heterocycles. The zero-order chi connectivity index (χ0) is 20.6. The fourth-order valence-electron chi connectivity index (χ4n) is 2.80. The number of aromatic nitrogens is 1. The van der Waals surface area contributed by atoms with Gasteiger partial charge in [-0.25, -0.2) is 4.99 Å². The predicted molar refractivity (Wildman–Crippen MR) is 130 cm³/mol. The van der Waals surface area contributed by atoms with Gasteiger partial charge in [0.15, 0.2) is 5.96 Å². The molecule has 30 heavy (non-hydrogen) atoms. The Morgan fingerprint density at radius 2 is 1.77 bits per heavy atom. The van der Waals surface area contributed by atoms with E-state index in [0.717, 1.165) is 11.1 Å². The lowest BCUT2D eigenvalue weighted by molar-refractivity contribution is 0.405. The molecule has 0 bridgehead atoms. The van der Waals surface area contributed by atoms with Gasteiger partial charge in [0.05, 0.1) is 33.0 Å². The smallest absolute Gasteiger partial charge is 0.250 e. The molecule has 0 radical (unpaired) electrons. The number of rotatable bonds is 7. The van der Waals surface area contributed by atoms with Gasteiger partial charge in [0.25, 0.3) is 5.56 Å². The quantitative estimate of drug-likeness (QED) is 0.283. The number of hydrogen-bond acceptors (Lipinski definition) is 4. The Morgan fingerprint density at radius 1 is 1.03 bits per heavy atom. The summed E-state index contributed by atoms with van der Waals surface area (Å²) in [5.41, 5.74) is 8.73. The van der Waals surface area contributed by atoms with E-state index in [-0.39, 0.29) is 35.5 Å². The molecular weight excluding hydrogens is 495 g/mol. The summed E-state index contributed by atoms with van der Waals surface area (Å²) in [6.45, 7) is 0.958. The molecule has 3 aromatic rings. The van der Waals surface area contributed by atoms with E-state index in [1.54, 1.807) is 49.2 Å². The van der Waals surface area contributed by atoms with Crippen LogP contribution in [0.5, 0.6) is 11.5 Å². The third-order valence-corrected chi connectivity index (χ3v) is 4.38. The van der Waals surface area contributed by atoms with E-state index in [1.165, 1.54) is 0 Å². The van der Waals surface area contributed by atoms with Gasteiger partial charge in [0.1, 0.15) is 11.5 Å². The Labute approximate surface area is 192 Å². The number of nitrogens with one attached hydrogen (secondary N) is 1. The van der Waals surface area contributed by atoms with Crippen molar-refractivity contribution in [1.82, 2.24) is 4.57 Å². The van der Waals surface area contributed by atoms with Gasteiger partial charge in [-0.1, -0.05) is 30.3 Å². The van der Waals surface area contributed by atoms with Crippen LogP contribution in [-0.4, -0.2) is 24.7 Å². The van der Waals surface area contributed by atoms with Gasteiger partial charge < -0.3 is 25.1 Å². The minimum absolute atomic E-state index is 0. The molecule has 8 heteroatoms. The summed E-state index contributed by atoms with van der Waals surface area (Å²) in [6, 6.07) is 18.5. The number of guanidine groups is 1. The fraction of sp³-hybridized carbons (Fsp3) is 0.182. The van der Waals surface area contributed by atoms with E-state index < -0.39 is 0 Å². The standard InChI is InChI=1S/C22H24N4O3.HI/c1-28-18-10-11-20(29-2)19(13-18)25-22(23)24-14-16-6-8-17(9-7-16)15-26-12-4-3-5-21(26)27;/h3-13H,14-15H2,1-2H3,(H3,23,24,25);1H. The zero-order valence-electron chi connectivity index (χ0n) is 16.9. The maximum Gasteiger partial charge on any atom is 0.250 e. The molecule has 0 amide bonds. The summed E-state index contributed by atoms with van der Waals surface area (Å²) in [4.78, 5) is 16.2. The van der Waals surface area contributed by atoms with Gasteiger partial charge in [-0.05, 0) is 29.3 Å². The number of benzene rings is 2. The number of nitrogens with zero attached hydrogens (tertiary/aromatic N) is 2. The monoisotopic (exact) mass is 520 g/mol. The number of pyridine rings is 1. The molecule has 2 aromatic carbocycles. The average molecular weight is 520 g/mol. The molecule has 0 saturated carbocycles. The summed E-state index contributed by atoms with van der Waals surface area (Å²) >= 11 is 0. The maximum atomic E-state index is 11.8. The first-order chi connectivity index (χ1) is 14.1. The van der Waals surface area contributed by atoms with Crippen molar-refractivity contribution in [3.63, 3.8) is 0 Å². The highest BCUT2D eigenvalue weighted by Crippen LogP contribution is 2.28. The first-order valence-electron chi connectivity index (χ1n) is 9.11. The predicted octanol–water partition coefficient (Wildman–Crippen LogP) is 3.46. The van der Waals surface area contributed by atoms with E-state index in [2.05, 4.69) is 10.3 Å². The van der Waals surface area contributed by atoms with Gasteiger partial charge in [-0.2, -0.15) is 0 Å². The van der Waals surface area contributed by atoms with Crippen LogP contribution < -0.4 is 26.1 Å². The molecule has 1 heterocycles. The minimum atomic E-state index is -0.0204. The molecule has 0 aliphatic carbocycles. The normalized spacial score (nSPS) is 10.8. The van der Waals surface area contributed by atoms with E-state index in [1.807, 2.05) is 36.4 Å². The molecule has 158 valence electrons. The second kappa shape index (κ2) is 11.2. The van der Waals surface area contributed by atoms with Crippen LogP contribution >= 0.6 is 24.0 Å². The SMILES string of the molecule is COc1ccc(OC)c(NC(N)=NCc2ccc(Cn3ccccc3=O)cc2)c1.I. The maximum absolute atomic E-state index is 11.8. The number of ether oxygens (including phenoxy) is 2. The number of nitrogens with two attached hydrogens (primary N) is 1. The van der Waals surface area contributed by atoms with Crippen LogP contribution in [0.3, 0.4) is 0 Å². The van der Waals surface area contributed by atoms with Crippen LogP contribution in [0.2, 0.25) is 0 Å². The summed E-state index contributed by atoms with van der Waals surface area (Å²) in [7, 11) is 3.19. The van der Waals surface area contributed by atoms with Crippen molar-refractivity contribution in [2.75, 3.05) is 19.5 Å². The highest BCUT2D eigenvalue weighted by Gasteiger charge is 2.06. The molecule has 3 rings (SSSR count). The highest BCUT2D eigenvalue weighted by atomic mass is 127. The second-order valence-electron chi connectivity index (χ2n) is 6.38. The molecule has 0 unspecified atom stereocenters. The van der Waals surface area contributed by atoms with Crippen molar-refractivity contribution in [2.45, 2.75) is 13.1 Å². The molecule has 7 nitrogen and oxygen atoms in total. The molecule has 0 atom stereocenters. The molecule has 0 spiro atoms. The van der Waals surface area contributed by atoms with E-state index in [4.69, 9.17) is 15.2 Å². The van der Waals surface area contributed by atoms with Crippen LogP contribution in [0.25, 0.3) is 0 Å². The lowest BCUT2D eigenvalue weighted by atomic mass is 10.1. The van der Waals surface area contributed by atoms with Crippen molar-refractivity contribution in [1.29, 1.82) is 0 Å². The van der Waals surface area contributed by atoms with Crippen molar-refractivity contribution < 1.29 is 9.47 Å². The molecule has 3 N–H and O–H groups in total. The number of hydrogen-bond donors (Lipinski definition) is 2. The first kappa shape index (κ1) is 23.3. The minimum Gasteiger partial charge on any atom is -0.497 e. The summed E-state index contributed by atoms with van der Waals surface area (Å²) in [6.07, 6.45) is 1.78. The van der Waals surface area contributed by atoms with E-state index in [9.17, 15) is 4.79 Å². The zero-order valence-corrected chi connectivity index (χ0v) is 19.2. The van der Waals surface area contributed by atoms with Gasteiger partial charge in [0.2, 0.25) is 0 Å². The van der Waals surface area contributed by atoms with Crippen LogP contribution in [0.15, 0.2) is 76.6 Å². The Morgan fingerprint density at radius 3 is 2.43 bits per heavy atom. The Hall–Kier alpha value is -3.01. The van der Waals surface area contributed by atoms with Crippen molar-refractivity contribution in [2.24, 2.45) is 10.7 Å². The third kappa shape index (κ3) is 6.24. The van der Waals surface area contributed by atoms with Crippen molar-refractivity contribution in [3.05, 3.63) is 88.3 Å². The van der Waals surface area contributed by atoms with Gasteiger partial charge in [-0.15, -0.1) is 24.0 Å². The van der Waals surface area contributed by atoms with Gasteiger partial charge >= 0.3 is 0 Å². The molecule has 0 saturated heterocycles. The van der Waals surface area contributed by atoms with Crippen LogP contribution in [0.1, 0.15) is 11.1 Å². The average Bonchev–Trinajstić information content (AvgIpc) is 2.75. The van der Waals surface area contributed by atoms with Gasteiger partial charge in [-0.3, -0.25) is 4.79 Å². The molecule has 0 aliphatic heterocycles. The van der Waals surface area contributed by atoms with Gasteiger partial charge in [0, 0.05) is 18.3 Å². The number of anilines is 1. The lowest BCUT2D eigenvalue weighted by Crippen LogP contribution is -2.23. The topological polar surface area (TPSA) is 90.9 Å². The number of aliphatic imine (C=N–C) groups is 1. The molecule has 0 aliphatic rings. The fourth-order valence-corrected chi connectivity index (χ4v) is 2.80. The molecular formula is C22H25IN4O3. The largest absolute Gasteiger partial charge is 0.497 e. The van der Waals surface area contributed by atoms with Crippen LogP contribution in [0.4, 0.5) is 5.69 Å². The number of halogens is 1. The highest BCUT2D eigenvalue weighted by molar-refractivity contribution is 14.0. The first-order valence-corrected chi connectivity index (χ1v) is 9.11. The summed E-state index contributed by atoms with van der Waals surface area (Å²) < 4.78 is 12.2. The van der Waals surface area contributed by atoms with E-state index >= 15 is 0 Å². The Balaban J connectivity index is 0.00000320. The molecule has 0 fully saturated rings. The van der Waals surface area contributed by atoms with Crippen molar-refractivity contribution in [3.8, 4) is 11.5 Å². The van der Waals surface area contributed by atoms with Crippen LogP contribution in [-0.2, 0) is 13.1 Å². The van der Waals surface area contributed by atoms with E-state index in [0.29, 0.717) is 30.3 Å². The third-order valence-electron chi connectivity index (χ3n) is 4.38. The van der Waals surface area contributed by atoms with Crippen LogP contribution in [0, 0.1) is 0 Å². The summed E-state index contributed by atoms with van der Waals surface area (Å²) in [5.74, 6) is 1.61.